The topological polar surface area (TPSA) is 55.1 Å². The Morgan fingerprint density at radius 1 is 1.57 bits per heavy atom. The number of amides is 1. The van der Waals surface area contributed by atoms with Crippen LogP contribution in [0.2, 0.25) is 0 Å². The molecule has 0 bridgehead atoms. The first kappa shape index (κ1) is 11.2. The maximum atomic E-state index is 11.7. The molecule has 1 amide bonds. The molecule has 0 fully saturated rings. The standard InChI is InChI=1S/C11H20N2O/c1-4-11(2,3)13-10(14)8-5-6-9(12)7-8/h5-6,8-9H,4,7,12H2,1-3H3,(H,13,14). The van der Waals surface area contributed by atoms with Crippen molar-refractivity contribution in [1.29, 1.82) is 0 Å². The van der Waals surface area contributed by atoms with Crippen LogP contribution in [0.4, 0.5) is 0 Å². The van der Waals surface area contributed by atoms with E-state index in [1.807, 2.05) is 26.0 Å². The molecule has 0 spiro atoms. The number of hydrogen-bond acceptors (Lipinski definition) is 2. The van der Waals surface area contributed by atoms with Crippen LogP contribution in [0.25, 0.3) is 0 Å². The summed E-state index contributed by atoms with van der Waals surface area (Å²) in [5.74, 6) is 0.0666. The molecular weight excluding hydrogens is 176 g/mol. The molecule has 2 unspecified atom stereocenters. The largest absolute Gasteiger partial charge is 0.351 e. The van der Waals surface area contributed by atoms with E-state index >= 15 is 0 Å². The molecule has 14 heavy (non-hydrogen) atoms. The average Bonchev–Trinajstić information content (AvgIpc) is 2.51. The second-order valence-corrected chi connectivity index (χ2v) is 4.62. The highest BCUT2D eigenvalue weighted by Gasteiger charge is 2.26. The van der Waals surface area contributed by atoms with Crippen molar-refractivity contribution in [2.75, 3.05) is 0 Å². The van der Waals surface area contributed by atoms with Crippen LogP contribution < -0.4 is 11.1 Å². The Morgan fingerprint density at radius 3 is 2.64 bits per heavy atom. The van der Waals surface area contributed by atoms with E-state index in [0.29, 0.717) is 0 Å². The monoisotopic (exact) mass is 196 g/mol. The molecular formula is C11H20N2O. The molecule has 1 aliphatic carbocycles. The third-order valence-corrected chi connectivity index (χ3v) is 2.80. The van der Waals surface area contributed by atoms with Gasteiger partial charge < -0.3 is 11.1 Å². The molecule has 0 aromatic heterocycles. The van der Waals surface area contributed by atoms with Gasteiger partial charge in [-0.2, -0.15) is 0 Å². The molecule has 2 atom stereocenters. The third-order valence-electron chi connectivity index (χ3n) is 2.80. The second-order valence-electron chi connectivity index (χ2n) is 4.62. The number of rotatable bonds is 3. The molecule has 0 saturated carbocycles. The minimum atomic E-state index is -0.113. The van der Waals surface area contributed by atoms with Crippen LogP contribution in [0.3, 0.4) is 0 Å². The molecule has 0 radical (unpaired) electrons. The normalized spacial score (nSPS) is 26.6. The predicted molar refractivity (Wildman–Crippen MR) is 57.7 cm³/mol. The Bertz CT molecular complexity index is 246. The van der Waals surface area contributed by atoms with Gasteiger partial charge in [0.05, 0.1) is 5.92 Å². The molecule has 80 valence electrons. The van der Waals surface area contributed by atoms with Crippen LogP contribution in [-0.2, 0) is 4.79 Å². The Morgan fingerprint density at radius 2 is 2.21 bits per heavy atom. The lowest BCUT2D eigenvalue weighted by Gasteiger charge is -2.26. The zero-order valence-electron chi connectivity index (χ0n) is 9.21. The summed E-state index contributed by atoms with van der Waals surface area (Å²) in [4.78, 5) is 11.7. The number of nitrogens with one attached hydrogen (secondary N) is 1. The van der Waals surface area contributed by atoms with E-state index in [1.54, 1.807) is 0 Å². The number of nitrogens with two attached hydrogens (primary N) is 1. The minimum absolute atomic E-state index is 0.0316. The highest BCUT2D eigenvalue weighted by atomic mass is 16.2. The SMILES string of the molecule is CCC(C)(C)NC(=O)C1C=CC(N)C1. The van der Waals surface area contributed by atoms with Gasteiger partial charge in [-0.25, -0.2) is 0 Å². The zero-order chi connectivity index (χ0) is 10.8. The van der Waals surface area contributed by atoms with Crippen molar-refractivity contribution in [3.05, 3.63) is 12.2 Å². The molecule has 0 saturated heterocycles. The molecule has 0 aliphatic heterocycles. The van der Waals surface area contributed by atoms with Gasteiger partial charge in [-0.3, -0.25) is 4.79 Å². The van der Waals surface area contributed by atoms with Gasteiger partial charge in [0.15, 0.2) is 0 Å². The smallest absolute Gasteiger partial charge is 0.227 e. The summed E-state index contributed by atoms with van der Waals surface area (Å²) in [5.41, 5.74) is 5.58. The fourth-order valence-corrected chi connectivity index (χ4v) is 1.44. The second kappa shape index (κ2) is 4.13. The van der Waals surface area contributed by atoms with E-state index in [0.717, 1.165) is 12.8 Å². The maximum Gasteiger partial charge on any atom is 0.227 e. The molecule has 1 aliphatic rings. The fourth-order valence-electron chi connectivity index (χ4n) is 1.44. The van der Waals surface area contributed by atoms with Crippen LogP contribution in [0.5, 0.6) is 0 Å². The maximum absolute atomic E-state index is 11.7. The predicted octanol–water partition coefficient (Wildman–Crippen LogP) is 1.19. The number of carbonyl (C=O) groups is 1. The van der Waals surface area contributed by atoms with Gasteiger partial charge in [-0.1, -0.05) is 19.1 Å². The molecule has 0 aromatic carbocycles. The highest BCUT2D eigenvalue weighted by molar-refractivity contribution is 5.81. The summed E-state index contributed by atoms with van der Waals surface area (Å²) in [6.45, 7) is 6.13. The number of carbonyl (C=O) groups excluding carboxylic acids is 1. The first-order chi connectivity index (χ1) is 6.44. The Balaban J connectivity index is 2.47. The lowest BCUT2D eigenvalue weighted by molar-refractivity contribution is -0.125. The first-order valence-corrected chi connectivity index (χ1v) is 5.20. The van der Waals surface area contributed by atoms with E-state index in [1.165, 1.54) is 0 Å². The van der Waals surface area contributed by atoms with Crippen molar-refractivity contribution >= 4 is 5.91 Å². The van der Waals surface area contributed by atoms with Crippen LogP contribution in [0.15, 0.2) is 12.2 Å². The van der Waals surface area contributed by atoms with E-state index in [2.05, 4.69) is 12.2 Å². The summed E-state index contributed by atoms with van der Waals surface area (Å²) in [5, 5.41) is 3.02. The van der Waals surface area contributed by atoms with Crippen molar-refractivity contribution in [2.24, 2.45) is 11.7 Å². The molecule has 0 heterocycles. The summed E-state index contributed by atoms with van der Waals surface area (Å²) in [6, 6.07) is 0.0514. The fraction of sp³-hybridized carbons (Fsp3) is 0.727. The lowest BCUT2D eigenvalue weighted by Crippen LogP contribution is -2.45. The van der Waals surface area contributed by atoms with Gasteiger partial charge in [-0.15, -0.1) is 0 Å². The summed E-state index contributed by atoms with van der Waals surface area (Å²) in [7, 11) is 0. The van der Waals surface area contributed by atoms with Crippen LogP contribution in [0.1, 0.15) is 33.6 Å². The van der Waals surface area contributed by atoms with Gasteiger partial charge in [-0.05, 0) is 26.7 Å². The van der Waals surface area contributed by atoms with Crippen LogP contribution in [-0.4, -0.2) is 17.5 Å². The molecule has 0 aromatic rings. The van der Waals surface area contributed by atoms with Crippen molar-refractivity contribution in [3.63, 3.8) is 0 Å². The molecule has 3 heteroatoms. The highest BCUT2D eigenvalue weighted by Crippen LogP contribution is 2.18. The van der Waals surface area contributed by atoms with Gasteiger partial charge in [0, 0.05) is 11.6 Å². The summed E-state index contributed by atoms with van der Waals surface area (Å²) >= 11 is 0. The van der Waals surface area contributed by atoms with Crippen molar-refractivity contribution in [1.82, 2.24) is 5.32 Å². The van der Waals surface area contributed by atoms with Crippen LogP contribution in [0, 0.1) is 5.92 Å². The van der Waals surface area contributed by atoms with Crippen molar-refractivity contribution < 1.29 is 4.79 Å². The van der Waals surface area contributed by atoms with E-state index in [-0.39, 0.29) is 23.4 Å². The molecule has 1 rings (SSSR count). The zero-order valence-corrected chi connectivity index (χ0v) is 9.21. The van der Waals surface area contributed by atoms with Crippen molar-refractivity contribution in [2.45, 2.75) is 45.2 Å². The quantitative estimate of drug-likeness (QED) is 0.666. The summed E-state index contributed by atoms with van der Waals surface area (Å²) in [6.07, 6.45) is 5.49. The first-order valence-electron chi connectivity index (χ1n) is 5.20. The Kier molecular flexibility index (Phi) is 3.32. The van der Waals surface area contributed by atoms with Gasteiger partial charge in [0.25, 0.3) is 0 Å². The van der Waals surface area contributed by atoms with Gasteiger partial charge >= 0.3 is 0 Å². The minimum Gasteiger partial charge on any atom is -0.351 e. The van der Waals surface area contributed by atoms with Crippen molar-refractivity contribution in [3.8, 4) is 0 Å². The number of hydrogen-bond donors (Lipinski definition) is 2. The summed E-state index contributed by atoms with van der Waals surface area (Å²) < 4.78 is 0. The molecule has 3 nitrogen and oxygen atoms in total. The Labute approximate surface area is 85.7 Å². The van der Waals surface area contributed by atoms with Crippen LogP contribution >= 0.6 is 0 Å². The van der Waals surface area contributed by atoms with Gasteiger partial charge in [0.1, 0.15) is 0 Å². The lowest BCUT2D eigenvalue weighted by atomic mass is 9.99. The van der Waals surface area contributed by atoms with E-state index in [9.17, 15) is 4.79 Å². The third kappa shape index (κ3) is 2.84. The van der Waals surface area contributed by atoms with E-state index < -0.39 is 0 Å². The molecule has 3 N–H and O–H groups in total. The average molecular weight is 196 g/mol. The Hall–Kier alpha value is -0.830. The van der Waals surface area contributed by atoms with Gasteiger partial charge in [0.2, 0.25) is 5.91 Å². The van der Waals surface area contributed by atoms with E-state index in [4.69, 9.17) is 5.73 Å².